The molecule has 18 heavy (non-hydrogen) atoms. The summed E-state index contributed by atoms with van der Waals surface area (Å²) in [4.78, 5) is 2.16. The molecule has 0 aromatic rings. The number of hydrogen-bond acceptors (Lipinski definition) is 1. The fraction of sp³-hybridized carbons (Fsp3) is 0.933. The minimum absolute atomic E-state index is 0.302. The van der Waals surface area contributed by atoms with Crippen molar-refractivity contribution in [3.63, 3.8) is 0 Å². The Morgan fingerprint density at radius 3 is 1.67 bits per heavy atom. The average molecular weight is 247 g/mol. The number of likely N-dealkylation sites (tertiary alicyclic amines) is 1. The van der Waals surface area contributed by atoms with Gasteiger partial charge in [0.1, 0.15) is 0 Å². The molecule has 5 fully saturated rings. The second-order valence-corrected chi connectivity index (χ2v) is 7.78. The van der Waals surface area contributed by atoms with Gasteiger partial charge in [-0.3, -0.25) is 5.41 Å². The van der Waals surface area contributed by atoms with Crippen molar-refractivity contribution in [1.29, 1.82) is 5.41 Å². The van der Waals surface area contributed by atoms with Gasteiger partial charge in [0.25, 0.3) is 0 Å². The third kappa shape index (κ3) is 0.828. The van der Waals surface area contributed by atoms with Crippen molar-refractivity contribution in [3.8, 4) is 0 Å². The van der Waals surface area contributed by atoms with Crippen LogP contribution in [0.1, 0.15) is 52.4 Å². The molecule has 0 aromatic carbocycles. The largest absolute Gasteiger partial charge is 0.370 e. The van der Waals surface area contributed by atoms with E-state index >= 15 is 0 Å². The van der Waals surface area contributed by atoms with Crippen molar-refractivity contribution in [3.05, 3.63) is 0 Å². The van der Waals surface area contributed by atoms with E-state index in [-0.39, 0.29) is 0 Å². The van der Waals surface area contributed by atoms with E-state index in [4.69, 9.17) is 11.1 Å². The van der Waals surface area contributed by atoms with E-state index in [2.05, 4.69) is 18.7 Å². The van der Waals surface area contributed by atoms with Crippen molar-refractivity contribution >= 4 is 5.96 Å². The highest BCUT2D eigenvalue weighted by Gasteiger charge is 2.83. The molecule has 3 heteroatoms. The molecule has 0 atom stereocenters. The summed E-state index contributed by atoms with van der Waals surface area (Å²) in [6.07, 6.45) is 8.43. The van der Waals surface area contributed by atoms with Crippen LogP contribution in [0.5, 0.6) is 0 Å². The standard InChI is InChI=1S/C15H25N3/c1-3-12-5-14-7-13(12,4-2)8-15(14,6-12)10-18(9-14)11(16)17/h3-10H2,1-2H3,(H3,16,17). The van der Waals surface area contributed by atoms with Crippen LogP contribution in [0.2, 0.25) is 0 Å². The SMILES string of the molecule is CCC12CC34CN(C(=N)N)CC3(C1)CC2(CC)C4. The Hall–Kier alpha value is -0.730. The molecule has 2 spiro atoms. The maximum atomic E-state index is 7.74. The van der Waals surface area contributed by atoms with E-state index < -0.39 is 0 Å². The van der Waals surface area contributed by atoms with Crippen molar-refractivity contribution in [2.75, 3.05) is 13.1 Å². The van der Waals surface area contributed by atoms with Gasteiger partial charge in [-0.25, -0.2) is 0 Å². The van der Waals surface area contributed by atoms with Gasteiger partial charge in [0.2, 0.25) is 0 Å². The molecule has 3 nitrogen and oxygen atoms in total. The summed E-state index contributed by atoms with van der Waals surface area (Å²) in [5.41, 5.74) is 8.07. The van der Waals surface area contributed by atoms with Crippen molar-refractivity contribution in [2.24, 2.45) is 27.4 Å². The zero-order chi connectivity index (χ0) is 12.8. The molecule has 1 saturated heterocycles. The zero-order valence-electron chi connectivity index (χ0n) is 11.7. The highest BCUT2D eigenvalue weighted by atomic mass is 15.3. The molecule has 100 valence electrons. The van der Waals surface area contributed by atoms with Crippen LogP contribution in [0.3, 0.4) is 0 Å². The number of rotatable bonds is 2. The summed E-state index contributed by atoms with van der Waals surface area (Å²) in [7, 11) is 0. The number of nitrogens with two attached hydrogens (primary N) is 1. The van der Waals surface area contributed by atoms with Crippen LogP contribution < -0.4 is 5.73 Å². The van der Waals surface area contributed by atoms with Crippen LogP contribution in [0.15, 0.2) is 0 Å². The minimum atomic E-state index is 0.302. The Morgan fingerprint density at radius 1 is 1.00 bits per heavy atom. The molecule has 0 radical (unpaired) electrons. The van der Waals surface area contributed by atoms with Gasteiger partial charge in [-0.05, 0) is 60.2 Å². The zero-order valence-corrected chi connectivity index (χ0v) is 11.7. The van der Waals surface area contributed by atoms with Crippen LogP contribution in [-0.2, 0) is 0 Å². The van der Waals surface area contributed by atoms with E-state index in [1.54, 1.807) is 0 Å². The highest BCUT2D eigenvalue weighted by Crippen LogP contribution is 2.89. The summed E-state index contributed by atoms with van der Waals surface area (Å²) in [5, 5.41) is 7.74. The monoisotopic (exact) mass is 247 g/mol. The summed E-state index contributed by atoms with van der Waals surface area (Å²) >= 11 is 0. The first-order chi connectivity index (χ1) is 8.46. The summed E-state index contributed by atoms with van der Waals surface area (Å²) in [5.74, 6) is 0.302. The van der Waals surface area contributed by atoms with Crippen LogP contribution in [0.4, 0.5) is 0 Å². The van der Waals surface area contributed by atoms with Gasteiger partial charge >= 0.3 is 0 Å². The highest BCUT2D eigenvalue weighted by molar-refractivity contribution is 5.75. The van der Waals surface area contributed by atoms with Crippen LogP contribution in [0, 0.1) is 27.1 Å². The van der Waals surface area contributed by atoms with Gasteiger partial charge in [0.15, 0.2) is 5.96 Å². The Bertz CT molecular complexity index is 393. The third-order valence-corrected chi connectivity index (χ3v) is 7.64. The van der Waals surface area contributed by atoms with Gasteiger partial charge in [-0.1, -0.05) is 13.8 Å². The lowest BCUT2D eigenvalue weighted by molar-refractivity contribution is 0.0998. The third-order valence-electron chi connectivity index (χ3n) is 7.64. The van der Waals surface area contributed by atoms with Gasteiger partial charge in [0, 0.05) is 13.1 Å². The molecular formula is C15H25N3. The quantitative estimate of drug-likeness (QED) is 0.582. The molecule has 3 N–H and O–H groups in total. The van der Waals surface area contributed by atoms with Gasteiger partial charge in [-0.2, -0.15) is 0 Å². The molecule has 4 aliphatic carbocycles. The van der Waals surface area contributed by atoms with Gasteiger partial charge in [0.05, 0.1) is 0 Å². The smallest absolute Gasteiger partial charge is 0.188 e. The lowest BCUT2D eigenvalue weighted by atomic mass is 9.65. The minimum Gasteiger partial charge on any atom is -0.370 e. The summed E-state index contributed by atoms with van der Waals surface area (Å²) < 4.78 is 0. The van der Waals surface area contributed by atoms with Crippen LogP contribution in [-0.4, -0.2) is 23.9 Å². The molecule has 1 heterocycles. The Kier molecular flexibility index (Phi) is 1.69. The molecule has 0 unspecified atom stereocenters. The first kappa shape index (κ1) is 11.1. The number of hydrogen-bond donors (Lipinski definition) is 2. The number of nitrogens with zero attached hydrogens (tertiary/aromatic N) is 1. The van der Waals surface area contributed by atoms with E-state index in [0.29, 0.717) is 27.6 Å². The van der Waals surface area contributed by atoms with E-state index in [0.717, 1.165) is 13.1 Å². The first-order valence-corrected chi connectivity index (χ1v) is 7.55. The first-order valence-electron chi connectivity index (χ1n) is 7.55. The Balaban J connectivity index is 1.79. The van der Waals surface area contributed by atoms with Crippen molar-refractivity contribution in [1.82, 2.24) is 4.90 Å². The summed E-state index contributed by atoms with van der Waals surface area (Å²) in [6, 6.07) is 0. The van der Waals surface area contributed by atoms with E-state index in [9.17, 15) is 0 Å². The molecule has 0 aromatic heterocycles. The normalized spacial score (nSPS) is 55.6. The van der Waals surface area contributed by atoms with Crippen molar-refractivity contribution in [2.45, 2.75) is 52.4 Å². The lowest BCUT2D eigenvalue weighted by Crippen LogP contribution is -2.36. The Morgan fingerprint density at radius 2 is 1.39 bits per heavy atom. The molecule has 0 amide bonds. The predicted molar refractivity (Wildman–Crippen MR) is 72.3 cm³/mol. The fourth-order valence-electron chi connectivity index (χ4n) is 7.11. The molecule has 5 aliphatic rings. The molecule has 5 rings (SSSR count). The average Bonchev–Trinajstić information content (AvgIpc) is 2.96. The number of guanidine groups is 1. The van der Waals surface area contributed by atoms with Gasteiger partial charge < -0.3 is 10.6 Å². The van der Waals surface area contributed by atoms with Gasteiger partial charge in [-0.15, -0.1) is 0 Å². The fourth-order valence-corrected chi connectivity index (χ4v) is 7.11. The second kappa shape index (κ2) is 2.73. The lowest BCUT2D eigenvalue weighted by Gasteiger charge is -2.39. The van der Waals surface area contributed by atoms with Crippen LogP contribution >= 0.6 is 0 Å². The van der Waals surface area contributed by atoms with Crippen molar-refractivity contribution < 1.29 is 0 Å². The number of nitrogens with one attached hydrogen (secondary N) is 1. The Labute approximate surface area is 110 Å². The topological polar surface area (TPSA) is 53.1 Å². The van der Waals surface area contributed by atoms with E-state index in [1.165, 1.54) is 38.5 Å². The maximum Gasteiger partial charge on any atom is 0.188 e. The molecule has 1 aliphatic heterocycles. The molecule has 4 bridgehead atoms. The molecule has 4 saturated carbocycles. The van der Waals surface area contributed by atoms with Crippen LogP contribution in [0.25, 0.3) is 0 Å². The summed E-state index contributed by atoms with van der Waals surface area (Å²) in [6.45, 7) is 6.97. The second-order valence-electron chi connectivity index (χ2n) is 7.78. The maximum absolute atomic E-state index is 7.74. The molecular weight excluding hydrogens is 222 g/mol. The van der Waals surface area contributed by atoms with E-state index in [1.807, 2.05) is 0 Å². The predicted octanol–water partition coefficient (Wildman–Crippen LogP) is 2.56.